The summed E-state index contributed by atoms with van der Waals surface area (Å²) in [5.41, 5.74) is 3.96. The van der Waals surface area contributed by atoms with Crippen LogP contribution in [0.3, 0.4) is 0 Å². The topological polar surface area (TPSA) is 74.1 Å². The number of pyridine rings is 1. The summed E-state index contributed by atoms with van der Waals surface area (Å²) in [6, 6.07) is 5.30. The number of ether oxygens (including phenoxy) is 1. The summed E-state index contributed by atoms with van der Waals surface area (Å²) in [7, 11) is -3.40. The van der Waals surface area contributed by atoms with Crippen LogP contribution in [0.4, 0.5) is 0 Å². The van der Waals surface area contributed by atoms with Crippen molar-refractivity contribution in [2.45, 2.75) is 38.6 Å². The SMILES string of the molecule is CCOc1c(C(C)n2ccc(C)n2)cc(Cl)c(C)c1-c1cncc(S(C)(=O)=O)c1. The standard InChI is InChI=1S/C21H24ClN3O3S/c1-6-28-21-18(15(4)25-8-7-13(2)24-25)10-19(22)14(3)20(21)16-9-17(12-23-11-16)29(5,26)27/h7-12,15H,6H2,1-5H3. The molecule has 1 unspecified atom stereocenters. The fourth-order valence-corrected chi connectivity index (χ4v) is 4.06. The van der Waals surface area contributed by atoms with Gasteiger partial charge in [0.15, 0.2) is 9.84 Å². The van der Waals surface area contributed by atoms with Crippen molar-refractivity contribution in [2.75, 3.05) is 12.9 Å². The van der Waals surface area contributed by atoms with Crippen LogP contribution in [0, 0.1) is 13.8 Å². The first-order valence-electron chi connectivity index (χ1n) is 9.26. The molecule has 0 saturated heterocycles. The Hall–Kier alpha value is -2.38. The molecule has 29 heavy (non-hydrogen) atoms. The second-order valence-corrected chi connectivity index (χ2v) is 9.43. The largest absolute Gasteiger partial charge is 0.493 e. The molecule has 0 aliphatic heterocycles. The van der Waals surface area contributed by atoms with E-state index in [2.05, 4.69) is 10.1 Å². The summed E-state index contributed by atoms with van der Waals surface area (Å²) in [5.74, 6) is 0.655. The van der Waals surface area contributed by atoms with E-state index in [0.717, 1.165) is 28.6 Å². The lowest BCUT2D eigenvalue weighted by molar-refractivity contribution is 0.333. The van der Waals surface area contributed by atoms with E-state index in [1.54, 1.807) is 12.3 Å². The Morgan fingerprint density at radius 3 is 2.55 bits per heavy atom. The quantitative estimate of drug-likeness (QED) is 0.566. The molecular formula is C21H24ClN3O3S. The highest BCUT2D eigenvalue weighted by Gasteiger charge is 2.23. The van der Waals surface area contributed by atoms with Gasteiger partial charge >= 0.3 is 0 Å². The summed E-state index contributed by atoms with van der Waals surface area (Å²) in [5, 5.41) is 5.08. The molecule has 2 aromatic heterocycles. The third kappa shape index (κ3) is 4.31. The van der Waals surface area contributed by atoms with Crippen LogP contribution < -0.4 is 4.74 Å². The highest BCUT2D eigenvalue weighted by molar-refractivity contribution is 7.90. The number of sulfone groups is 1. The summed E-state index contributed by atoms with van der Waals surface area (Å²) in [6.45, 7) is 8.20. The zero-order valence-corrected chi connectivity index (χ0v) is 18.7. The summed E-state index contributed by atoms with van der Waals surface area (Å²) < 4.78 is 32.0. The van der Waals surface area contributed by atoms with Gasteiger partial charge in [-0.05, 0) is 51.5 Å². The van der Waals surface area contributed by atoms with Crippen LogP contribution in [0.1, 0.15) is 36.7 Å². The maximum absolute atomic E-state index is 12.0. The Bertz CT molecular complexity index is 1160. The monoisotopic (exact) mass is 433 g/mol. The van der Waals surface area contributed by atoms with Gasteiger partial charge in [-0.2, -0.15) is 5.10 Å². The maximum Gasteiger partial charge on any atom is 0.177 e. The van der Waals surface area contributed by atoms with E-state index in [-0.39, 0.29) is 10.9 Å². The van der Waals surface area contributed by atoms with E-state index >= 15 is 0 Å². The molecule has 0 bridgehead atoms. The van der Waals surface area contributed by atoms with E-state index in [1.807, 2.05) is 50.7 Å². The second-order valence-electron chi connectivity index (χ2n) is 7.00. The van der Waals surface area contributed by atoms with Gasteiger partial charge in [0, 0.05) is 46.6 Å². The molecule has 0 aliphatic rings. The van der Waals surface area contributed by atoms with Crippen molar-refractivity contribution in [3.05, 3.63) is 58.6 Å². The van der Waals surface area contributed by atoms with Crippen LogP contribution in [-0.2, 0) is 9.84 Å². The second kappa shape index (κ2) is 8.16. The molecule has 6 nitrogen and oxygen atoms in total. The summed E-state index contributed by atoms with van der Waals surface area (Å²) in [6.07, 6.45) is 6.04. The van der Waals surface area contributed by atoms with Crippen molar-refractivity contribution >= 4 is 21.4 Å². The number of aromatic nitrogens is 3. The first-order chi connectivity index (χ1) is 13.6. The molecule has 8 heteroatoms. The van der Waals surface area contributed by atoms with E-state index in [4.69, 9.17) is 16.3 Å². The van der Waals surface area contributed by atoms with E-state index in [1.165, 1.54) is 6.20 Å². The first-order valence-corrected chi connectivity index (χ1v) is 11.5. The van der Waals surface area contributed by atoms with E-state index in [0.29, 0.717) is 22.9 Å². The van der Waals surface area contributed by atoms with Gasteiger partial charge in [0.25, 0.3) is 0 Å². The first kappa shape index (κ1) is 21.3. The molecule has 0 saturated carbocycles. The Morgan fingerprint density at radius 2 is 1.97 bits per heavy atom. The molecule has 0 radical (unpaired) electrons. The van der Waals surface area contributed by atoms with Crippen LogP contribution in [0.2, 0.25) is 5.02 Å². The number of benzene rings is 1. The van der Waals surface area contributed by atoms with Crippen molar-refractivity contribution in [1.82, 2.24) is 14.8 Å². The van der Waals surface area contributed by atoms with Gasteiger partial charge in [-0.3, -0.25) is 9.67 Å². The third-order valence-electron chi connectivity index (χ3n) is 4.81. The average Bonchev–Trinajstić information content (AvgIpc) is 3.10. The molecule has 0 N–H and O–H groups in total. The van der Waals surface area contributed by atoms with Gasteiger partial charge in [-0.15, -0.1) is 0 Å². The lowest BCUT2D eigenvalue weighted by Gasteiger charge is -2.23. The minimum absolute atomic E-state index is 0.131. The van der Waals surface area contributed by atoms with Crippen molar-refractivity contribution in [3.63, 3.8) is 0 Å². The van der Waals surface area contributed by atoms with Crippen LogP contribution >= 0.6 is 11.6 Å². The van der Waals surface area contributed by atoms with E-state index < -0.39 is 9.84 Å². The Balaban J connectivity index is 2.28. The predicted molar refractivity (Wildman–Crippen MR) is 114 cm³/mol. The highest BCUT2D eigenvalue weighted by atomic mass is 35.5. The number of hydrogen-bond donors (Lipinski definition) is 0. The van der Waals surface area contributed by atoms with Crippen molar-refractivity contribution in [3.8, 4) is 16.9 Å². The summed E-state index contributed by atoms with van der Waals surface area (Å²) >= 11 is 6.58. The minimum atomic E-state index is -3.40. The lowest BCUT2D eigenvalue weighted by atomic mass is 9.94. The molecule has 0 amide bonds. The molecule has 3 rings (SSSR count). The van der Waals surface area contributed by atoms with Gasteiger partial charge in [0.1, 0.15) is 5.75 Å². The molecule has 2 heterocycles. The fraction of sp³-hybridized carbons (Fsp3) is 0.333. The molecule has 3 aromatic rings. The van der Waals surface area contributed by atoms with Gasteiger partial charge in [-0.25, -0.2) is 8.42 Å². The molecule has 0 fully saturated rings. The van der Waals surface area contributed by atoms with Gasteiger partial charge in [0.05, 0.1) is 23.2 Å². The fourth-order valence-electron chi connectivity index (χ4n) is 3.25. The lowest BCUT2D eigenvalue weighted by Crippen LogP contribution is -2.11. The predicted octanol–water partition coefficient (Wildman–Crippen LogP) is 4.63. The molecular weight excluding hydrogens is 410 g/mol. The minimum Gasteiger partial charge on any atom is -0.493 e. The molecule has 154 valence electrons. The van der Waals surface area contributed by atoms with Gasteiger partial charge in [-0.1, -0.05) is 11.6 Å². The van der Waals surface area contributed by atoms with Crippen LogP contribution in [0.25, 0.3) is 11.1 Å². The number of nitrogens with zero attached hydrogens (tertiary/aromatic N) is 3. The van der Waals surface area contributed by atoms with E-state index in [9.17, 15) is 8.42 Å². The Morgan fingerprint density at radius 1 is 1.24 bits per heavy atom. The van der Waals surface area contributed by atoms with Gasteiger partial charge in [0.2, 0.25) is 0 Å². The number of hydrogen-bond acceptors (Lipinski definition) is 5. The molecule has 0 aliphatic carbocycles. The van der Waals surface area contributed by atoms with Gasteiger partial charge < -0.3 is 4.74 Å². The number of rotatable bonds is 6. The Labute approximate surface area is 176 Å². The maximum atomic E-state index is 12.0. The zero-order chi connectivity index (χ0) is 21.3. The van der Waals surface area contributed by atoms with Crippen LogP contribution in [0.5, 0.6) is 5.75 Å². The molecule has 1 atom stereocenters. The van der Waals surface area contributed by atoms with Crippen molar-refractivity contribution in [1.29, 1.82) is 0 Å². The third-order valence-corrected chi connectivity index (χ3v) is 6.28. The van der Waals surface area contributed by atoms with Crippen molar-refractivity contribution < 1.29 is 13.2 Å². The van der Waals surface area contributed by atoms with Crippen molar-refractivity contribution in [2.24, 2.45) is 0 Å². The summed E-state index contributed by atoms with van der Waals surface area (Å²) in [4.78, 5) is 4.29. The average molecular weight is 434 g/mol. The molecule has 0 spiro atoms. The van der Waals surface area contributed by atoms with Crippen LogP contribution in [0.15, 0.2) is 41.7 Å². The highest BCUT2D eigenvalue weighted by Crippen LogP contribution is 2.43. The zero-order valence-electron chi connectivity index (χ0n) is 17.1. The number of aryl methyl sites for hydroxylation is 1. The smallest absolute Gasteiger partial charge is 0.177 e. The molecule has 1 aromatic carbocycles. The number of halogens is 1. The Kier molecular flexibility index (Phi) is 6.00. The normalized spacial score (nSPS) is 12.8. The van der Waals surface area contributed by atoms with Crippen LogP contribution in [-0.4, -0.2) is 36.0 Å².